The maximum Gasteiger partial charge on any atom is 0.241 e. The van der Waals surface area contributed by atoms with Gasteiger partial charge in [0.1, 0.15) is 0 Å². The van der Waals surface area contributed by atoms with Crippen molar-refractivity contribution in [2.45, 2.75) is 36.1 Å². The number of benzene rings is 1. The number of halogens is 1. The lowest BCUT2D eigenvalue weighted by molar-refractivity contribution is 0.327. The second kappa shape index (κ2) is 7.48. The molecule has 0 aromatic heterocycles. The summed E-state index contributed by atoms with van der Waals surface area (Å²) in [6, 6.07) is 3.98. The monoisotopic (exact) mass is 382 g/mol. The van der Waals surface area contributed by atoms with Gasteiger partial charge in [0.05, 0.1) is 9.79 Å². The molecule has 23 heavy (non-hydrogen) atoms. The third-order valence-corrected chi connectivity index (χ3v) is 6.75. The summed E-state index contributed by atoms with van der Waals surface area (Å²) in [5, 5.41) is 3.17. The van der Waals surface area contributed by atoms with Crippen LogP contribution in [-0.4, -0.2) is 42.2 Å². The van der Waals surface area contributed by atoms with Crippen LogP contribution in [0.2, 0.25) is 0 Å². The number of hydrogen-bond acceptors (Lipinski definition) is 5. The van der Waals surface area contributed by atoms with Gasteiger partial charge < -0.3 is 5.32 Å². The quantitative estimate of drug-likeness (QED) is 0.813. The molecule has 0 radical (unpaired) electrons. The molecule has 2 N–H and O–H groups in total. The smallest absolute Gasteiger partial charge is 0.241 e. The fraction of sp³-hybridized carbons (Fsp3) is 0.571. The molecular weight excluding hydrogens is 360 g/mol. The van der Waals surface area contributed by atoms with E-state index in [1.165, 1.54) is 18.2 Å². The number of rotatable bonds is 4. The number of nitrogens with one attached hydrogen (secondary N) is 2. The van der Waals surface area contributed by atoms with Gasteiger partial charge in [0.25, 0.3) is 0 Å². The zero-order chi connectivity index (χ0) is 16.5. The molecule has 1 aliphatic heterocycles. The minimum atomic E-state index is -3.76. The van der Waals surface area contributed by atoms with Crippen molar-refractivity contribution in [1.82, 2.24) is 10.0 Å². The van der Waals surface area contributed by atoms with Gasteiger partial charge in [-0.15, -0.1) is 12.4 Å². The highest BCUT2D eigenvalue weighted by atomic mass is 35.5. The van der Waals surface area contributed by atoms with E-state index in [1.807, 2.05) is 6.92 Å². The van der Waals surface area contributed by atoms with Crippen LogP contribution in [0.15, 0.2) is 28.0 Å². The summed E-state index contributed by atoms with van der Waals surface area (Å²) in [4.78, 5) is 0.0292. The molecule has 1 heterocycles. The van der Waals surface area contributed by atoms with E-state index in [9.17, 15) is 16.8 Å². The molecule has 6 nitrogen and oxygen atoms in total. The van der Waals surface area contributed by atoms with Crippen molar-refractivity contribution in [3.63, 3.8) is 0 Å². The Morgan fingerprint density at radius 1 is 1.22 bits per heavy atom. The highest BCUT2D eigenvalue weighted by Crippen LogP contribution is 2.22. The van der Waals surface area contributed by atoms with Gasteiger partial charge in [-0.05, 0) is 43.5 Å². The Kier molecular flexibility index (Phi) is 6.63. The Labute approximate surface area is 144 Å². The van der Waals surface area contributed by atoms with Crippen molar-refractivity contribution in [3.05, 3.63) is 23.8 Å². The molecule has 2 rings (SSSR count). The molecule has 132 valence electrons. The fourth-order valence-electron chi connectivity index (χ4n) is 2.51. The van der Waals surface area contributed by atoms with Gasteiger partial charge in [0, 0.05) is 18.8 Å². The maximum atomic E-state index is 12.6. The number of sulfone groups is 1. The molecule has 1 aliphatic rings. The predicted molar refractivity (Wildman–Crippen MR) is 92.3 cm³/mol. The summed E-state index contributed by atoms with van der Waals surface area (Å²) < 4.78 is 51.2. The van der Waals surface area contributed by atoms with E-state index < -0.39 is 19.9 Å². The van der Waals surface area contributed by atoms with Crippen molar-refractivity contribution in [3.8, 4) is 0 Å². The van der Waals surface area contributed by atoms with E-state index in [1.54, 1.807) is 6.92 Å². The summed E-state index contributed by atoms with van der Waals surface area (Å²) in [6.45, 7) is 5.12. The Morgan fingerprint density at radius 2 is 1.87 bits per heavy atom. The lowest BCUT2D eigenvalue weighted by Gasteiger charge is -2.30. The number of hydrogen-bond donors (Lipinski definition) is 2. The Morgan fingerprint density at radius 3 is 2.43 bits per heavy atom. The highest BCUT2D eigenvalue weighted by Gasteiger charge is 2.28. The zero-order valence-corrected chi connectivity index (χ0v) is 15.8. The van der Waals surface area contributed by atoms with E-state index in [4.69, 9.17) is 0 Å². The molecule has 1 aromatic carbocycles. The maximum absolute atomic E-state index is 12.6. The topological polar surface area (TPSA) is 92.3 Å². The summed E-state index contributed by atoms with van der Waals surface area (Å²) in [7, 11) is -7.21. The lowest BCUT2D eigenvalue weighted by atomic mass is 9.96. The van der Waals surface area contributed by atoms with Crippen LogP contribution in [0.25, 0.3) is 0 Å². The van der Waals surface area contributed by atoms with Gasteiger partial charge >= 0.3 is 0 Å². The second-order valence-electron chi connectivity index (χ2n) is 5.90. The molecule has 9 heteroatoms. The summed E-state index contributed by atoms with van der Waals surface area (Å²) >= 11 is 0. The van der Waals surface area contributed by atoms with Crippen LogP contribution >= 0.6 is 12.4 Å². The van der Waals surface area contributed by atoms with Crippen LogP contribution in [0.3, 0.4) is 0 Å². The molecule has 0 bridgehead atoms. The zero-order valence-electron chi connectivity index (χ0n) is 13.4. The average molecular weight is 383 g/mol. The Balaban J connectivity index is 0.00000264. The molecule has 0 aliphatic carbocycles. The van der Waals surface area contributed by atoms with Gasteiger partial charge in [0.2, 0.25) is 10.0 Å². The van der Waals surface area contributed by atoms with Crippen molar-refractivity contribution in [2.75, 3.05) is 19.3 Å². The van der Waals surface area contributed by atoms with Crippen molar-refractivity contribution in [2.24, 2.45) is 5.92 Å². The molecular formula is C14H23ClN2O4S2. The van der Waals surface area contributed by atoms with Crippen LogP contribution in [0.4, 0.5) is 0 Å². The van der Waals surface area contributed by atoms with E-state index in [2.05, 4.69) is 10.0 Å². The molecule has 1 aromatic rings. The van der Waals surface area contributed by atoms with Crippen molar-refractivity contribution >= 4 is 32.3 Å². The number of aryl methyl sites for hydroxylation is 1. The van der Waals surface area contributed by atoms with E-state index in [-0.39, 0.29) is 34.2 Å². The van der Waals surface area contributed by atoms with Crippen LogP contribution in [0.5, 0.6) is 0 Å². The largest absolute Gasteiger partial charge is 0.315 e. The Bertz CT molecular complexity index is 763. The molecule has 1 saturated heterocycles. The molecule has 1 fully saturated rings. The van der Waals surface area contributed by atoms with E-state index >= 15 is 0 Å². The molecule has 0 saturated carbocycles. The molecule has 0 spiro atoms. The normalized spacial score (nSPS) is 22.4. The van der Waals surface area contributed by atoms with Gasteiger partial charge in [-0.2, -0.15) is 0 Å². The summed E-state index contributed by atoms with van der Waals surface area (Å²) in [5.41, 5.74) is 0.524. The van der Waals surface area contributed by atoms with Gasteiger partial charge in [-0.3, -0.25) is 0 Å². The first-order chi connectivity index (χ1) is 10.1. The average Bonchev–Trinajstić information content (AvgIpc) is 2.40. The number of piperidine rings is 1. The van der Waals surface area contributed by atoms with Crippen LogP contribution in [-0.2, 0) is 19.9 Å². The minimum Gasteiger partial charge on any atom is -0.315 e. The van der Waals surface area contributed by atoms with Gasteiger partial charge in [-0.1, -0.05) is 13.0 Å². The highest BCUT2D eigenvalue weighted by molar-refractivity contribution is 7.91. The van der Waals surface area contributed by atoms with Crippen molar-refractivity contribution in [1.29, 1.82) is 0 Å². The molecule has 0 amide bonds. The predicted octanol–water partition coefficient (Wildman–Crippen LogP) is 1.10. The van der Waals surface area contributed by atoms with Crippen molar-refractivity contribution < 1.29 is 16.8 Å². The SMILES string of the molecule is Cc1ccc(S(C)(=O)=O)cc1S(=O)(=O)NC1CNCCC1C.Cl. The van der Waals surface area contributed by atoms with E-state index in [0.29, 0.717) is 12.1 Å². The van der Waals surface area contributed by atoms with E-state index in [0.717, 1.165) is 19.2 Å². The second-order valence-corrected chi connectivity index (χ2v) is 9.60. The van der Waals surface area contributed by atoms with Crippen LogP contribution in [0.1, 0.15) is 18.9 Å². The van der Waals surface area contributed by atoms with Gasteiger partial charge in [-0.25, -0.2) is 21.6 Å². The Hall–Kier alpha value is -0.670. The lowest BCUT2D eigenvalue weighted by Crippen LogP contribution is -2.50. The molecule has 2 atom stereocenters. The standard InChI is InChI=1S/C14H22N2O4S2.ClH/c1-10-6-7-15-9-13(10)16-22(19,20)14-8-12(21(3,17)18)5-4-11(14)2;/h4-5,8,10,13,15-16H,6-7,9H2,1-3H3;1H. The summed E-state index contributed by atoms with van der Waals surface area (Å²) in [6.07, 6.45) is 1.96. The minimum absolute atomic E-state index is 0. The molecule has 2 unspecified atom stereocenters. The number of sulfonamides is 1. The first-order valence-corrected chi connectivity index (χ1v) is 10.5. The third kappa shape index (κ3) is 4.90. The first kappa shape index (κ1) is 20.4. The van der Waals surface area contributed by atoms with Crippen LogP contribution in [0, 0.1) is 12.8 Å². The van der Waals surface area contributed by atoms with Crippen LogP contribution < -0.4 is 10.0 Å². The summed E-state index contributed by atoms with van der Waals surface area (Å²) in [5.74, 6) is 0.231. The first-order valence-electron chi connectivity index (χ1n) is 7.15. The van der Waals surface area contributed by atoms with Gasteiger partial charge in [0.15, 0.2) is 9.84 Å². The fourth-order valence-corrected chi connectivity index (χ4v) is 4.85. The third-order valence-electron chi connectivity index (χ3n) is 4.01.